The summed E-state index contributed by atoms with van der Waals surface area (Å²) in [7, 11) is 2.18. The average molecular weight is 304 g/mol. The first-order valence-corrected chi connectivity index (χ1v) is 9.87. The number of hydrogen-bond donors (Lipinski definition) is 1. The van der Waals surface area contributed by atoms with Crippen molar-refractivity contribution in [3.8, 4) is 0 Å². The fraction of sp³-hybridized carbons (Fsp3) is 0.789. The molecule has 1 nitrogen and oxygen atoms in total. The Morgan fingerprint density at radius 2 is 1.86 bits per heavy atom. The maximum absolute atomic E-state index is 3.64. The van der Waals surface area contributed by atoms with Crippen LogP contribution in [0.1, 0.15) is 56.9 Å². The van der Waals surface area contributed by atoms with Crippen LogP contribution < -0.4 is 5.32 Å². The maximum atomic E-state index is 3.64. The molecule has 4 aliphatic carbocycles. The van der Waals surface area contributed by atoms with Gasteiger partial charge in [-0.05, 0) is 110 Å². The molecule has 2 heteroatoms. The van der Waals surface area contributed by atoms with Crippen molar-refractivity contribution in [1.82, 2.24) is 5.32 Å². The normalized spacial score (nSPS) is 38.8. The molecule has 1 atom stereocenters. The summed E-state index contributed by atoms with van der Waals surface area (Å²) in [6.07, 6.45) is 13.4. The molecule has 1 unspecified atom stereocenters. The third kappa shape index (κ3) is 2.94. The smallest absolute Gasteiger partial charge is 0.00725 e. The zero-order valence-electron chi connectivity index (χ0n) is 13.3. The van der Waals surface area contributed by atoms with Crippen LogP contribution in [0.25, 0.3) is 0 Å². The van der Waals surface area contributed by atoms with Crippen molar-refractivity contribution >= 4 is 11.3 Å². The van der Waals surface area contributed by atoms with E-state index < -0.39 is 0 Å². The molecule has 1 N–H and O–H groups in total. The van der Waals surface area contributed by atoms with Crippen LogP contribution >= 0.6 is 11.3 Å². The fourth-order valence-electron chi connectivity index (χ4n) is 6.19. The van der Waals surface area contributed by atoms with Gasteiger partial charge in [-0.25, -0.2) is 0 Å². The first kappa shape index (κ1) is 14.3. The lowest BCUT2D eigenvalue weighted by molar-refractivity contribution is -0.0620. The molecular weight excluding hydrogens is 274 g/mol. The summed E-state index contributed by atoms with van der Waals surface area (Å²) >= 11 is 1.83. The van der Waals surface area contributed by atoms with Crippen LogP contribution in [-0.4, -0.2) is 13.1 Å². The van der Waals surface area contributed by atoms with Crippen molar-refractivity contribution in [2.75, 3.05) is 7.05 Å². The molecule has 1 aromatic rings. The SMILES string of the molecule is CNC(CCc1ccsc1)CC12CC3CC(CC(C3)C1)C2. The lowest BCUT2D eigenvalue weighted by atomic mass is 9.48. The van der Waals surface area contributed by atoms with E-state index in [-0.39, 0.29) is 0 Å². The summed E-state index contributed by atoms with van der Waals surface area (Å²) in [5, 5.41) is 8.17. The van der Waals surface area contributed by atoms with E-state index >= 15 is 0 Å². The molecule has 4 fully saturated rings. The Morgan fingerprint density at radius 3 is 2.38 bits per heavy atom. The number of nitrogens with one attached hydrogen (secondary N) is 1. The molecule has 0 spiro atoms. The minimum absolute atomic E-state index is 0.719. The molecule has 0 aliphatic heterocycles. The van der Waals surface area contributed by atoms with E-state index in [0.717, 1.165) is 29.2 Å². The second-order valence-corrected chi connectivity index (χ2v) is 9.06. The second-order valence-electron chi connectivity index (χ2n) is 8.28. The highest BCUT2D eigenvalue weighted by Gasteiger charge is 2.51. The first-order valence-electron chi connectivity index (χ1n) is 8.93. The molecule has 4 aliphatic rings. The topological polar surface area (TPSA) is 12.0 Å². The minimum Gasteiger partial charge on any atom is -0.317 e. The van der Waals surface area contributed by atoms with Crippen molar-refractivity contribution in [3.63, 3.8) is 0 Å². The molecule has 0 amide bonds. The third-order valence-electron chi connectivity index (χ3n) is 6.61. The van der Waals surface area contributed by atoms with Gasteiger partial charge in [-0.15, -0.1) is 0 Å². The third-order valence-corrected chi connectivity index (χ3v) is 7.35. The Bertz CT molecular complexity index is 429. The lowest BCUT2D eigenvalue weighted by Gasteiger charge is -2.57. The van der Waals surface area contributed by atoms with Gasteiger partial charge < -0.3 is 5.32 Å². The monoisotopic (exact) mass is 303 g/mol. The summed E-state index contributed by atoms with van der Waals surface area (Å²) in [5.41, 5.74) is 2.25. The van der Waals surface area contributed by atoms with E-state index in [9.17, 15) is 0 Å². The van der Waals surface area contributed by atoms with Crippen molar-refractivity contribution in [3.05, 3.63) is 22.4 Å². The van der Waals surface area contributed by atoms with Crippen molar-refractivity contribution in [1.29, 1.82) is 0 Å². The molecule has 21 heavy (non-hydrogen) atoms. The number of aryl methyl sites for hydroxylation is 1. The van der Waals surface area contributed by atoms with Gasteiger partial charge in [-0.2, -0.15) is 11.3 Å². The van der Waals surface area contributed by atoms with Crippen LogP contribution in [0.15, 0.2) is 16.8 Å². The van der Waals surface area contributed by atoms with Crippen molar-refractivity contribution in [2.24, 2.45) is 23.2 Å². The highest BCUT2D eigenvalue weighted by molar-refractivity contribution is 7.07. The van der Waals surface area contributed by atoms with Gasteiger partial charge in [0, 0.05) is 6.04 Å². The van der Waals surface area contributed by atoms with E-state index in [2.05, 4.69) is 29.2 Å². The van der Waals surface area contributed by atoms with E-state index in [0.29, 0.717) is 0 Å². The fourth-order valence-corrected chi connectivity index (χ4v) is 6.89. The molecule has 0 saturated heterocycles. The summed E-state index contributed by atoms with van der Waals surface area (Å²) in [5.74, 6) is 3.27. The van der Waals surface area contributed by atoms with Gasteiger partial charge in [-0.3, -0.25) is 0 Å². The molecule has 1 aromatic heterocycles. The molecule has 5 rings (SSSR count). The van der Waals surface area contributed by atoms with E-state index in [4.69, 9.17) is 0 Å². The Balaban J connectivity index is 1.39. The maximum Gasteiger partial charge on any atom is 0.00725 e. The largest absolute Gasteiger partial charge is 0.317 e. The first-order chi connectivity index (χ1) is 10.2. The minimum atomic E-state index is 0.719. The predicted molar refractivity (Wildman–Crippen MR) is 90.7 cm³/mol. The Morgan fingerprint density at radius 1 is 1.19 bits per heavy atom. The number of hydrogen-bond acceptors (Lipinski definition) is 2. The molecule has 4 saturated carbocycles. The van der Waals surface area contributed by atoms with E-state index in [1.54, 1.807) is 38.5 Å². The summed E-state index contributed by atoms with van der Waals surface area (Å²) in [4.78, 5) is 0. The second kappa shape index (κ2) is 5.70. The van der Waals surface area contributed by atoms with Gasteiger partial charge in [0.05, 0.1) is 0 Å². The standard InChI is InChI=1S/C19H29NS/c1-20-18(3-2-14-4-5-21-13-14)12-19-9-15-6-16(10-19)8-17(7-15)11-19/h4-5,13,15-18,20H,2-3,6-12H2,1H3. The van der Waals surface area contributed by atoms with Crippen molar-refractivity contribution in [2.45, 2.75) is 63.8 Å². The molecular formula is C19H29NS. The molecule has 4 bridgehead atoms. The van der Waals surface area contributed by atoms with Crippen LogP contribution in [0.4, 0.5) is 0 Å². The molecule has 1 heterocycles. The average Bonchev–Trinajstić information content (AvgIpc) is 2.95. The van der Waals surface area contributed by atoms with Gasteiger partial charge in [-0.1, -0.05) is 0 Å². The van der Waals surface area contributed by atoms with Gasteiger partial charge in [0.2, 0.25) is 0 Å². The van der Waals surface area contributed by atoms with Gasteiger partial charge in [0.1, 0.15) is 0 Å². The van der Waals surface area contributed by atoms with Crippen LogP contribution in [0, 0.1) is 23.2 Å². The lowest BCUT2D eigenvalue weighted by Crippen LogP contribution is -2.48. The molecule has 0 radical (unpaired) electrons. The Hall–Kier alpha value is -0.340. The Kier molecular flexibility index (Phi) is 3.87. The number of thiophene rings is 1. The highest BCUT2D eigenvalue weighted by Crippen LogP contribution is 2.61. The quantitative estimate of drug-likeness (QED) is 0.790. The highest BCUT2D eigenvalue weighted by atomic mass is 32.1. The zero-order chi connectivity index (χ0) is 14.3. The van der Waals surface area contributed by atoms with Gasteiger partial charge in [0.15, 0.2) is 0 Å². The van der Waals surface area contributed by atoms with Crippen molar-refractivity contribution < 1.29 is 0 Å². The number of rotatable bonds is 6. The summed E-state index contributed by atoms with van der Waals surface area (Å²) in [6, 6.07) is 3.02. The van der Waals surface area contributed by atoms with Gasteiger partial charge in [0.25, 0.3) is 0 Å². The summed E-state index contributed by atoms with van der Waals surface area (Å²) < 4.78 is 0. The molecule has 116 valence electrons. The van der Waals surface area contributed by atoms with Crippen LogP contribution in [-0.2, 0) is 6.42 Å². The van der Waals surface area contributed by atoms with Crippen LogP contribution in [0.5, 0.6) is 0 Å². The van der Waals surface area contributed by atoms with Crippen LogP contribution in [0.2, 0.25) is 0 Å². The summed E-state index contributed by atoms with van der Waals surface area (Å²) in [6.45, 7) is 0. The van der Waals surface area contributed by atoms with E-state index in [1.165, 1.54) is 24.8 Å². The zero-order valence-corrected chi connectivity index (χ0v) is 14.1. The molecule has 0 aromatic carbocycles. The van der Waals surface area contributed by atoms with E-state index in [1.807, 2.05) is 11.3 Å². The Labute approximate surface area is 133 Å². The van der Waals surface area contributed by atoms with Gasteiger partial charge >= 0.3 is 0 Å². The van der Waals surface area contributed by atoms with Crippen LogP contribution in [0.3, 0.4) is 0 Å². The predicted octanol–water partition coefficient (Wildman–Crippen LogP) is 4.88.